The SMILES string of the molecule is COc1cc(C=O)ccc1C(OC)OC. The van der Waals surface area contributed by atoms with Crippen molar-refractivity contribution in [2.75, 3.05) is 21.3 Å². The molecule has 0 amide bonds. The molecule has 0 atom stereocenters. The molecule has 0 spiro atoms. The Hall–Kier alpha value is -1.39. The molecule has 15 heavy (non-hydrogen) atoms. The monoisotopic (exact) mass is 210 g/mol. The zero-order valence-corrected chi connectivity index (χ0v) is 9.02. The average Bonchev–Trinajstić information content (AvgIpc) is 2.31. The maximum absolute atomic E-state index is 10.6. The highest BCUT2D eigenvalue weighted by Gasteiger charge is 2.14. The van der Waals surface area contributed by atoms with Crippen molar-refractivity contribution in [2.45, 2.75) is 6.29 Å². The first kappa shape index (κ1) is 11.7. The lowest BCUT2D eigenvalue weighted by Gasteiger charge is -2.16. The smallest absolute Gasteiger partial charge is 0.186 e. The first-order valence-corrected chi connectivity index (χ1v) is 4.45. The number of rotatable bonds is 5. The Morgan fingerprint density at radius 1 is 1.20 bits per heavy atom. The van der Waals surface area contributed by atoms with Crippen molar-refractivity contribution in [3.63, 3.8) is 0 Å². The molecule has 1 aromatic rings. The second-order valence-corrected chi connectivity index (χ2v) is 2.92. The van der Waals surface area contributed by atoms with Crippen LogP contribution in [0.1, 0.15) is 22.2 Å². The highest BCUT2D eigenvalue weighted by molar-refractivity contribution is 5.75. The van der Waals surface area contributed by atoms with E-state index < -0.39 is 6.29 Å². The number of carbonyl (C=O) groups is 1. The molecule has 0 saturated carbocycles. The van der Waals surface area contributed by atoms with Gasteiger partial charge in [0.1, 0.15) is 12.0 Å². The molecule has 0 aliphatic carbocycles. The van der Waals surface area contributed by atoms with Crippen molar-refractivity contribution in [3.05, 3.63) is 29.3 Å². The van der Waals surface area contributed by atoms with Crippen molar-refractivity contribution in [1.82, 2.24) is 0 Å². The highest BCUT2D eigenvalue weighted by Crippen LogP contribution is 2.28. The molecule has 0 aromatic heterocycles. The van der Waals surface area contributed by atoms with E-state index in [1.165, 1.54) is 7.11 Å². The Labute approximate surface area is 88.8 Å². The van der Waals surface area contributed by atoms with Gasteiger partial charge in [-0.1, -0.05) is 6.07 Å². The Morgan fingerprint density at radius 3 is 2.33 bits per heavy atom. The van der Waals surface area contributed by atoms with E-state index in [2.05, 4.69) is 0 Å². The zero-order chi connectivity index (χ0) is 11.3. The third kappa shape index (κ3) is 2.55. The van der Waals surface area contributed by atoms with Gasteiger partial charge in [0.2, 0.25) is 0 Å². The number of ether oxygens (including phenoxy) is 3. The van der Waals surface area contributed by atoms with E-state index in [1.807, 2.05) is 0 Å². The minimum Gasteiger partial charge on any atom is -0.496 e. The summed E-state index contributed by atoms with van der Waals surface area (Å²) < 4.78 is 15.4. The number of carbonyl (C=O) groups excluding carboxylic acids is 1. The normalized spacial score (nSPS) is 10.4. The molecular formula is C11H14O4. The lowest BCUT2D eigenvalue weighted by molar-refractivity contribution is -0.106. The first-order valence-electron chi connectivity index (χ1n) is 4.45. The van der Waals surface area contributed by atoms with E-state index in [0.29, 0.717) is 11.3 Å². The number of hydrogen-bond donors (Lipinski definition) is 0. The lowest BCUT2D eigenvalue weighted by atomic mass is 10.1. The van der Waals surface area contributed by atoms with Gasteiger partial charge >= 0.3 is 0 Å². The molecule has 0 aliphatic heterocycles. The molecule has 4 heteroatoms. The molecule has 1 aromatic carbocycles. The van der Waals surface area contributed by atoms with Gasteiger partial charge < -0.3 is 14.2 Å². The van der Waals surface area contributed by atoms with Crippen molar-refractivity contribution < 1.29 is 19.0 Å². The number of aldehydes is 1. The third-order valence-corrected chi connectivity index (χ3v) is 2.08. The summed E-state index contributed by atoms with van der Waals surface area (Å²) in [5.74, 6) is 0.577. The molecule has 82 valence electrons. The largest absolute Gasteiger partial charge is 0.496 e. The highest BCUT2D eigenvalue weighted by atomic mass is 16.7. The molecule has 0 fully saturated rings. The Morgan fingerprint density at radius 2 is 1.87 bits per heavy atom. The average molecular weight is 210 g/mol. The van der Waals surface area contributed by atoms with Gasteiger partial charge in [-0.2, -0.15) is 0 Å². The van der Waals surface area contributed by atoms with Crippen LogP contribution < -0.4 is 4.74 Å². The van der Waals surface area contributed by atoms with E-state index in [9.17, 15) is 4.79 Å². The quantitative estimate of drug-likeness (QED) is 0.549. The van der Waals surface area contributed by atoms with Gasteiger partial charge in [0.05, 0.1) is 7.11 Å². The van der Waals surface area contributed by atoms with Gasteiger partial charge in [-0.15, -0.1) is 0 Å². The zero-order valence-electron chi connectivity index (χ0n) is 9.02. The number of methoxy groups -OCH3 is 3. The topological polar surface area (TPSA) is 44.8 Å². The summed E-state index contributed by atoms with van der Waals surface area (Å²) in [6, 6.07) is 5.09. The molecule has 4 nitrogen and oxygen atoms in total. The van der Waals surface area contributed by atoms with Crippen molar-refractivity contribution in [1.29, 1.82) is 0 Å². The Kier molecular flexibility index (Phi) is 4.27. The van der Waals surface area contributed by atoms with E-state index >= 15 is 0 Å². The van der Waals surface area contributed by atoms with Crippen LogP contribution in [0.15, 0.2) is 18.2 Å². The van der Waals surface area contributed by atoms with Crippen LogP contribution in [0.5, 0.6) is 5.75 Å². The van der Waals surface area contributed by atoms with Gasteiger partial charge in [0, 0.05) is 25.3 Å². The molecular weight excluding hydrogens is 196 g/mol. The molecule has 0 radical (unpaired) electrons. The van der Waals surface area contributed by atoms with Gasteiger partial charge in [-0.05, 0) is 12.1 Å². The van der Waals surface area contributed by atoms with Crippen LogP contribution in [0.3, 0.4) is 0 Å². The molecule has 0 bridgehead atoms. The van der Waals surface area contributed by atoms with Gasteiger partial charge in [0.15, 0.2) is 6.29 Å². The summed E-state index contributed by atoms with van der Waals surface area (Å²) in [4.78, 5) is 10.6. The predicted molar refractivity (Wildman–Crippen MR) is 55.1 cm³/mol. The van der Waals surface area contributed by atoms with E-state index in [1.54, 1.807) is 32.4 Å². The van der Waals surface area contributed by atoms with Crippen LogP contribution in [0.4, 0.5) is 0 Å². The second kappa shape index (κ2) is 5.48. The maximum atomic E-state index is 10.6. The van der Waals surface area contributed by atoms with E-state index in [4.69, 9.17) is 14.2 Å². The summed E-state index contributed by atoms with van der Waals surface area (Å²) >= 11 is 0. The summed E-state index contributed by atoms with van der Waals surface area (Å²) in [5.41, 5.74) is 1.31. The molecule has 1 rings (SSSR count). The minimum absolute atomic E-state index is 0.486. The van der Waals surface area contributed by atoms with Gasteiger partial charge in [0.25, 0.3) is 0 Å². The number of hydrogen-bond acceptors (Lipinski definition) is 4. The predicted octanol–water partition coefficient (Wildman–Crippen LogP) is 1.80. The standard InChI is InChI=1S/C11H14O4/c1-13-10-6-8(7-12)4-5-9(10)11(14-2)15-3/h4-7,11H,1-3H3. The van der Waals surface area contributed by atoms with Crippen LogP contribution in [-0.4, -0.2) is 27.6 Å². The maximum Gasteiger partial charge on any atom is 0.186 e. The Bertz CT molecular complexity index is 331. The minimum atomic E-state index is -0.486. The van der Waals surface area contributed by atoms with Gasteiger partial charge in [-0.25, -0.2) is 0 Å². The summed E-state index contributed by atoms with van der Waals surface area (Å²) in [6.07, 6.45) is 0.279. The van der Waals surface area contributed by atoms with Crippen molar-refractivity contribution in [2.24, 2.45) is 0 Å². The fourth-order valence-electron chi connectivity index (χ4n) is 1.35. The van der Waals surface area contributed by atoms with Crippen LogP contribution in [0.25, 0.3) is 0 Å². The first-order chi connectivity index (χ1) is 7.26. The summed E-state index contributed by atoms with van der Waals surface area (Å²) in [6.45, 7) is 0. The van der Waals surface area contributed by atoms with Gasteiger partial charge in [-0.3, -0.25) is 4.79 Å². The van der Waals surface area contributed by atoms with E-state index in [-0.39, 0.29) is 0 Å². The molecule has 0 heterocycles. The van der Waals surface area contributed by atoms with Crippen molar-refractivity contribution in [3.8, 4) is 5.75 Å². The fraction of sp³-hybridized carbons (Fsp3) is 0.364. The van der Waals surface area contributed by atoms with Crippen LogP contribution >= 0.6 is 0 Å². The number of benzene rings is 1. The van der Waals surface area contributed by atoms with Crippen LogP contribution in [0, 0.1) is 0 Å². The molecule has 0 unspecified atom stereocenters. The summed E-state index contributed by atoms with van der Waals surface area (Å²) in [7, 11) is 4.62. The molecule has 0 saturated heterocycles. The molecule has 0 aliphatic rings. The lowest BCUT2D eigenvalue weighted by Crippen LogP contribution is -2.06. The summed E-state index contributed by atoms with van der Waals surface area (Å²) in [5, 5.41) is 0. The third-order valence-electron chi connectivity index (χ3n) is 2.08. The van der Waals surface area contributed by atoms with Crippen LogP contribution in [0.2, 0.25) is 0 Å². The van der Waals surface area contributed by atoms with Crippen LogP contribution in [-0.2, 0) is 9.47 Å². The van der Waals surface area contributed by atoms with Crippen molar-refractivity contribution >= 4 is 6.29 Å². The Balaban J connectivity index is 3.11. The fourth-order valence-corrected chi connectivity index (χ4v) is 1.35. The van der Waals surface area contributed by atoms with E-state index in [0.717, 1.165) is 11.8 Å². The second-order valence-electron chi connectivity index (χ2n) is 2.92. The molecule has 0 N–H and O–H groups in total.